The number of halogens is 2. The van der Waals surface area contributed by atoms with Gasteiger partial charge in [-0.3, -0.25) is 0 Å². The molecule has 80 valence electrons. The summed E-state index contributed by atoms with van der Waals surface area (Å²) in [6, 6.07) is 0.151. The van der Waals surface area contributed by atoms with Crippen molar-refractivity contribution in [2.24, 2.45) is 0 Å². The third-order valence-electron chi connectivity index (χ3n) is 1.91. The molecule has 1 atom stereocenters. The number of hydrogen-bond acceptors (Lipinski definition) is 3. The first kappa shape index (κ1) is 12.1. The summed E-state index contributed by atoms with van der Waals surface area (Å²) in [5.41, 5.74) is 0. The van der Waals surface area contributed by atoms with Gasteiger partial charge in [0.25, 0.3) is 0 Å². The monoisotopic (exact) mass is 243 g/mol. The molecule has 3 nitrogen and oxygen atoms in total. The lowest BCUT2D eigenvalue weighted by Crippen LogP contribution is -2.18. The van der Waals surface area contributed by atoms with Crippen molar-refractivity contribution in [3.63, 3.8) is 0 Å². The Morgan fingerprint density at radius 3 is 2.93 bits per heavy atom. The summed E-state index contributed by atoms with van der Waals surface area (Å²) in [4.78, 5) is 7.75. The van der Waals surface area contributed by atoms with Gasteiger partial charge in [-0.05, 0) is 18.0 Å². The second-order valence-corrected chi connectivity index (χ2v) is 3.74. The van der Waals surface area contributed by atoms with Gasteiger partial charge in [-0.1, -0.05) is 18.5 Å². The second kappa shape index (κ2) is 5.79. The first-order valence-electron chi connectivity index (χ1n) is 4.55. The van der Waals surface area contributed by atoms with Gasteiger partial charge in [0.15, 0.2) is 0 Å². The van der Waals surface area contributed by atoms with Crippen LogP contribution in [0.1, 0.15) is 19.8 Å². The second-order valence-electron chi connectivity index (χ2n) is 2.99. The molecule has 0 spiro atoms. The lowest BCUT2D eigenvalue weighted by Gasteiger charge is -2.15. The number of terminal acetylenes is 1. The van der Waals surface area contributed by atoms with Crippen LogP contribution in [0, 0.1) is 12.3 Å². The molecule has 0 radical (unpaired) electrons. The molecule has 15 heavy (non-hydrogen) atoms. The molecule has 0 saturated carbocycles. The fourth-order valence-electron chi connectivity index (χ4n) is 1.08. The van der Waals surface area contributed by atoms with Crippen molar-refractivity contribution in [2.45, 2.75) is 25.8 Å². The fraction of sp³-hybridized carbons (Fsp3) is 0.400. The largest absolute Gasteiger partial charge is 0.365 e. The van der Waals surface area contributed by atoms with E-state index in [1.807, 2.05) is 6.92 Å². The highest BCUT2D eigenvalue weighted by atomic mass is 35.5. The van der Waals surface area contributed by atoms with Crippen LogP contribution in [0.5, 0.6) is 0 Å². The Labute approximate surface area is 99.2 Å². The first-order chi connectivity index (χ1) is 7.17. The van der Waals surface area contributed by atoms with Crippen LogP contribution in [0.25, 0.3) is 0 Å². The Bertz CT molecular complexity index is 373. The average Bonchev–Trinajstić information content (AvgIpc) is 2.22. The van der Waals surface area contributed by atoms with Crippen LogP contribution in [0.3, 0.4) is 0 Å². The third kappa shape index (κ3) is 3.58. The smallest absolute Gasteiger partial charge is 0.224 e. The number of nitrogens with one attached hydrogen (secondary N) is 1. The zero-order valence-electron chi connectivity index (χ0n) is 8.30. The molecule has 0 saturated heterocycles. The number of aromatic nitrogens is 2. The summed E-state index contributed by atoms with van der Waals surface area (Å²) in [6.45, 7) is 2.03. The zero-order valence-corrected chi connectivity index (χ0v) is 9.81. The van der Waals surface area contributed by atoms with Gasteiger partial charge in [-0.15, -0.1) is 12.3 Å². The average molecular weight is 244 g/mol. The van der Waals surface area contributed by atoms with Crippen LogP contribution in [0.2, 0.25) is 10.3 Å². The molecule has 0 aliphatic rings. The van der Waals surface area contributed by atoms with Gasteiger partial charge in [0.2, 0.25) is 5.28 Å². The van der Waals surface area contributed by atoms with Crippen molar-refractivity contribution in [2.75, 3.05) is 5.32 Å². The Morgan fingerprint density at radius 2 is 2.33 bits per heavy atom. The summed E-state index contributed by atoms with van der Waals surface area (Å²) in [5.74, 6) is 3.12. The predicted octanol–water partition coefficient (Wildman–Crippen LogP) is 3.00. The summed E-state index contributed by atoms with van der Waals surface area (Å²) in [6.07, 6.45) is 8.22. The number of rotatable bonds is 4. The Balaban J connectivity index is 2.78. The van der Waals surface area contributed by atoms with Gasteiger partial charge in [-0.2, -0.15) is 4.98 Å². The molecule has 1 unspecified atom stereocenters. The maximum absolute atomic E-state index is 5.90. The maximum atomic E-state index is 5.90. The van der Waals surface area contributed by atoms with E-state index >= 15 is 0 Å². The Kier molecular flexibility index (Phi) is 4.67. The van der Waals surface area contributed by atoms with Gasteiger partial charge in [0, 0.05) is 12.5 Å². The number of nitrogens with zero attached hydrogens (tertiary/aromatic N) is 2. The van der Waals surface area contributed by atoms with Crippen LogP contribution < -0.4 is 5.32 Å². The van der Waals surface area contributed by atoms with Crippen molar-refractivity contribution in [1.29, 1.82) is 0 Å². The summed E-state index contributed by atoms with van der Waals surface area (Å²) in [5, 5.41) is 3.73. The van der Waals surface area contributed by atoms with Gasteiger partial charge >= 0.3 is 0 Å². The highest BCUT2D eigenvalue weighted by Crippen LogP contribution is 2.21. The van der Waals surface area contributed by atoms with E-state index in [0.29, 0.717) is 17.3 Å². The molecule has 0 amide bonds. The molecular weight excluding hydrogens is 233 g/mol. The summed E-state index contributed by atoms with van der Waals surface area (Å²) in [7, 11) is 0. The molecule has 0 bridgehead atoms. The summed E-state index contributed by atoms with van der Waals surface area (Å²) >= 11 is 11.6. The molecule has 1 heterocycles. The highest BCUT2D eigenvalue weighted by molar-refractivity contribution is 6.33. The third-order valence-corrected chi connectivity index (χ3v) is 2.37. The molecule has 1 aromatic rings. The molecule has 1 rings (SSSR count). The maximum Gasteiger partial charge on any atom is 0.224 e. The van der Waals surface area contributed by atoms with Crippen molar-refractivity contribution >= 4 is 29.0 Å². The van der Waals surface area contributed by atoms with Crippen LogP contribution in [0.4, 0.5) is 5.82 Å². The first-order valence-corrected chi connectivity index (χ1v) is 5.31. The van der Waals surface area contributed by atoms with Crippen molar-refractivity contribution in [3.05, 3.63) is 16.5 Å². The van der Waals surface area contributed by atoms with E-state index < -0.39 is 0 Å². The van der Waals surface area contributed by atoms with E-state index in [2.05, 4.69) is 21.2 Å². The molecule has 1 N–H and O–H groups in total. The van der Waals surface area contributed by atoms with E-state index in [1.54, 1.807) is 0 Å². The van der Waals surface area contributed by atoms with Crippen molar-refractivity contribution in [3.8, 4) is 12.3 Å². The van der Waals surface area contributed by atoms with Crippen molar-refractivity contribution < 1.29 is 0 Å². The molecule has 1 aromatic heterocycles. The zero-order chi connectivity index (χ0) is 11.3. The van der Waals surface area contributed by atoms with Gasteiger partial charge in [0.1, 0.15) is 10.8 Å². The lowest BCUT2D eigenvalue weighted by molar-refractivity contribution is 0.711. The minimum absolute atomic E-state index is 0.151. The fourth-order valence-corrected chi connectivity index (χ4v) is 1.36. The number of hydrogen-bond donors (Lipinski definition) is 1. The highest BCUT2D eigenvalue weighted by Gasteiger charge is 2.09. The standard InChI is InChI=1S/C10H11Cl2N3/c1-3-5-7(4-2)14-9-8(11)6-13-10(12)15-9/h1,6-7H,4-5H2,2H3,(H,13,14,15). The predicted molar refractivity (Wildman–Crippen MR) is 63.2 cm³/mol. The van der Waals surface area contributed by atoms with Crippen LogP contribution in [-0.2, 0) is 0 Å². The van der Waals surface area contributed by atoms with Crippen LogP contribution >= 0.6 is 23.2 Å². The summed E-state index contributed by atoms with van der Waals surface area (Å²) < 4.78 is 0. The topological polar surface area (TPSA) is 37.8 Å². The van der Waals surface area contributed by atoms with Crippen LogP contribution in [-0.4, -0.2) is 16.0 Å². The van der Waals surface area contributed by atoms with Crippen molar-refractivity contribution in [1.82, 2.24) is 9.97 Å². The van der Waals surface area contributed by atoms with Gasteiger partial charge in [0.05, 0.1) is 6.20 Å². The van der Waals surface area contributed by atoms with E-state index in [4.69, 9.17) is 29.6 Å². The van der Waals surface area contributed by atoms with E-state index in [0.717, 1.165) is 6.42 Å². The molecule has 0 aromatic carbocycles. The van der Waals surface area contributed by atoms with E-state index in [1.165, 1.54) is 6.20 Å². The quantitative estimate of drug-likeness (QED) is 0.653. The molecule has 0 aliphatic heterocycles. The molecule has 5 heteroatoms. The van der Waals surface area contributed by atoms with Gasteiger partial charge in [-0.25, -0.2) is 4.98 Å². The number of anilines is 1. The normalized spacial score (nSPS) is 11.9. The Hall–Kier alpha value is -0.980. The Morgan fingerprint density at radius 1 is 1.60 bits per heavy atom. The SMILES string of the molecule is C#CCC(CC)Nc1nc(Cl)ncc1Cl. The molecule has 0 fully saturated rings. The molecular formula is C10H11Cl2N3. The minimum Gasteiger partial charge on any atom is -0.365 e. The van der Waals surface area contributed by atoms with E-state index in [-0.39, 0.29) is 11.3 Å². The molecule has 0 aliphatic carbocycles. The van der Waals surface area contributed by atoms with E-state index in [9.17, 15) is 0 Å². The lowest BCUT2D eigenvalue weighted by atomic mass is 10.1. The van der Waals surface area contributed by atoms with Gasteiger partial charge < -0.3 is 5.32 Å². The van der Waals surface area contributed by atoms with Crippen LogP contribution in [0.15, 0.2) is 6.20 Å². The minimum atomic E-state index is 0.151.